The number of carbonyl (C=O) groups is 3. The van der Waals surface area contributed by atoms with Gasteiger partial charge in [0.05, 0.1) is 36.0 Å². The normalized spacial score (nSPS) is 18.1. The number of phenols is 1. The number of hydrogen-bond acceptors (Lipinski definition) is 8. The average molecular weight is 529 g/mol. The maximum atomic E-state index is 13.4. The summed E-state index contributed by atoms with van der Waals surface area (Å²) >= 11 is 0. The van der Waals surface area contributed by atoms with Gasteiger partial charge in [0.2, 0.25) is 0 Å². The Hall–Kier alpha value is -4.79. The molecule has 5 rings (SSSR count). The molecule has 39 heavy (non-hydrogen) atoms. The number of likely N-dealkylation sites (tertiary alicyclic amines) is 1. The molecule has 9 heteroatoms. The lowest BCUT2D eigenvalue weighted by Crippen LogP contribution is -2.29. The summed E-state index contributed by atoms with van der Waals surface area (Å²) in [5.74, 6) is -1.62. The summed E-state index contributed by atoms with van der Waals surface area (Å²) < 4.78 is 10.7. The highest BCUT2D eigenvalue weighted by Crippen LogP contribution is 2.42. The van der Waals surface area contributed by atoms with Gasteiger partial charge in [0, 0.05) is 19.2 Å². The van der Waals surface area contributed by atoms with Crippen molar-refractivity contribution in [2.75, 3.05) is 31.7 Å². The molecular weight excluding hydrogens is 500 g/mol. The molecule has 1 atom stereocenters. The van der Waals surface area contributed by atoms with Gasteiger partial charge in [-0.05, 0) is 60.5 Å². The number of ketones is 1. The smallest absolute Gasteiger partial charge is 0.338 e. The number of fused-ring (bicyclic) bond motifs is 1. The van der Waals surface area contributed by atoms with Gasteiger partial charge in [0.1, 0.15) is 23.9 Å². The molecule has 200 valence electrons. The van der Waals surface area contributed by atoms with E-state index in [1.165, 1.54) is 17.0 Å². The molecule has 1 saturated heterocycles. The van der Waals surface area contributed by atoms with Crippen LogP contribution in [0.5, 0.6) is 11.5 Å². The SMILES string of the molecule is CCOC(=O)c1ccc(CN2C(=O)C(=O)/C(=C(\O)c3ccc4c(c3)N(C)CCO4)C2c2ccc(O)cc2)cc1. The van der Waals surface area contributed by atoms with Crippen molar-refractivity contribution in [3.8, 4) is 11.5 Å². The Balaban J connectivity index is 1.56. The Morgan fingerprint density at radius 3 is 2.41 bits per heavy atom. The van der Waals surface area contributed by atoms with Crippen LogP contribution in [0.4, 0.5) is 5.69 Å². The first-order valence-corrected chi connectivity index (χ1v) is 12.6. The van der Waals surface area contributed by atoms with Crippen molar-refractivity contribution in [1.29, 1.82) is 0 Å². The molecule has 3 aromatic carbocycles. The van der Waals surface area contributed by atoms with E-state index in [0.29, 0.717) is 41.2 Å². The summed E-state index contributed by atoms with van der Waals surface area (Å²) in [6.07, 6.45) is 0. The fourth-order valence-electron chi connectivity index (χ4n) is 4.86. The second-order valence-corrected chi connectivity index (χ2v) is 9.39. The van der Waals surface area contributed by atoms with Gasteiger partial charge < -0.3 is 29.5 Å². The van der Waals surface area contributed by atoms with Crippen LogP contribution in [-0.2, 0) is 20.9 Å². The molecule has 0 bridgehead atoms. The number of carbonyl (C=O) groups excluding carboxylic acids is 3. The molecule has 2 aliphatic rings. The van der Waals surface area contributed by atoms with Gasteiger partial charge in [0.25, 0.3) is 11.7 Å². The largest absolute Gasteiger partial charge is 0.508 e. The highest BCUT2D eigenvalue weighted by atomic mass is 16.5. The molecule has 1 unspecified atom stereocenters. The maximum Gasteiger partial charge on any atom is 0.338 e. The van der Waals surface area contributed by atoms with E-state index < -0.39 is 23.7 Å². The number of ether oxygens (including phenoxy) is 2. The summed E-state index contributed by atoms with van der Waals surface area (Å²) in [5, 5.41) is 21.3. The van der Waals surface area contributed by atoms with Gasteiger partial charge in [-0.2, -0.15) is 0 Å². The summed E-state index contributed by atoms with van der Waals surface area (Å²) in [7, 11) is 1.91. The highest BCUT2D eigenvalue weighted by molar-refractivity contribution is 6.46. The minimum atomic E-state index is -0.902. The van der Waals surface area contributed by atoms with E-state index in [1.54, 1.807) is 61.5 Å². The molecule has 0 spiro atoms. The monoisotopic (exact) mass is 528 g/mol. The fraction of sp³-hybridized carbons (Fsp3) is 0.233. The lowest BCUT2D eigenvalue weighted by Gasteiger charge is -2.28. The Morgan fingerprint density at radius 2 is 1.72 bits per heavy atom. The van der Waals surface area contributed by atoms with Crippen molar-refractivity contribution in [3.63, 3.8) is 0 Å². The van der Waals surface area contributed by atoms with Crippen LogP contribution in [-0.4, -0.2) is 59.6 Å². The van der Waals surface area contributed by atoms with Crippen molar-refractivity contribution in [2.24, 2.45) is 0 Å². The van der Waals surface area contributed by atoms with Gasteiger partial charge in [-0.3, -0.25) is 9.59 Å². The number of Topliss-reactive ketones (excluding diaryl/α,β-unsaturated/α-hetero) is 1. The van der Waals surface area contributed by atoms with Crippen LogP contribution >= 0.6 is 0 Å². The van der Waals surface area contributed by atoms with E-state index in [4.69, 9.17) is 9.47 Å². The fourth-order valence-corrected chi connectivity index (χ4v) is 4.86. The quantitative estimate of drug-likeness (QED) is 0.213. The van der Waals surface area contributed by atoms with Gasteiger partial charge in [-0.25, -0.2) is 4.79 Å². The second kappa shape index (κ2) is 10.5. The summed E-state index contributed by atoms with van der Waals surface area (Å²) in [6, 6.07) is 17.0. The van der Waals surface area contributed by atoms with Crippen molar-refractivity contribution < 1.29 is 34.1 Å². The van der Waals surface area contributed by atoms with Crippen LogP contribution < -0.4 is 9.64 Å². The van der Waals surface area contributed by atoms with E-state index >= 15 is 0 Å². The number of amides is 1. The number of hydrogen-bond donors (Lipinski definition) is 2. The molecule has 1 amide bonds. The number of aromatic hydroxyl groups is 1. The standard InChI is InChI=1S/C30H28N2O7/c1-3-38-30(37)20-6-4-18(5-7-20)17-32-26(19-8-11-22(33)12-9-19)25(28(35)29(32)36)27(34)21-10-13-24-23(16-21)31(2)14-15-39-24/h4-13,16,26,33-34H,3,14-15,17H2,1-2H3/b27-25-. The third-order valence-electron chi connectivity index (χ3n) is 6.89. The van der Waals surface area contributed by atoms with E-state index in [0.717, 1.165) is 5.69 Å². The van der Waals surface area contributed by atoms with Crippen LogP contribution in [0, 0.1) is 0 Å². The summed E-state index contributed by atoms with van der Waals surface area (Å²) in [6.45, 7) is 3.25. The first-order chi connectivity index (χ1) is 18.8. The predicted octanol–water partition coefficient (Wildman–Crippen LogP) is 4.02. The Morgan fingerprint density at radius 1 is 1.03 bits per heavy atom. The number of aliphatic hydroxyl groups is 1. The average Bonchev–Trinajstić information content (AvgIpc) is 3.18. The predicted molar refractivity (Wildman–Crippen MR) is 144 cm³/mol. The molecule has 0 saturated carbocycles. The van der Waals surface area contributed by atoms with Crippen LogP contribution in [0.3, 0.4) is 0 Å². The summed E-state index contributed by atoms with van der Waals surface area (Å²) in [5.41, 5.74) is 2.71. The Labute approximate surface area is 225 Å². The number of phenolic OH excluding ortho intramolecular Hbond substituents is 1. The molecular formula is C30H28N2O7. The molecule has 0 radical (unpaired) electrons. The molecule has 9 nitrogen and oxygen atoms in total. The number of aliphatic hydroxyl groups excluding tert-OH is 1. The molecule has 1 fully saturated rings. The molecule has 2 aliphatic heterocycles. The molecule has 0 aromatic heterocycles. The van der Waals surface area contributed by atoms with Crippen molar-refractivity contribution >= 4 is 29.1 Å². The number of benzene rings is 3. The van der Waals surface area contributed by atoms with Gasteiger partial charge in [-0.15, -0.1) is 0 Å². The van der Waals surface area contributed by atoms with Crippen LogP contribution in [0.25, 0.3) is 5.76 Å². The number of esters is 1. The van der Waals surface area contributed by atoms with Crippen LogP contribution in [0.2, 0.25) is 0 Å². The van der Waals surface area contributed by atoms with Crippen molar-refractivity contribution in [1.82, 2.24) is 4.90 Å². The third-order valence-corrected chi connectivity index (χ3v) is 6.89. The van der Waals surface area contributed by atoms with Crippen molar-refractivity contribution in [3.05, 3.63) is 94.6 Å². The number of anilines is 1. The van der Waals surface area contributed by atoms with Crippen LogP contribution in [0.15, 0.2) is 72.3 Å². The second-order valence-electron chi connectivity index (χ2n) is 9.39. The Kier molecular flexibility index (Phi) is 6.98. The molecule has 0 aliphatic carbocycles. The van der Waals surface area contributed by atoms with Crippen LogP contribution in [0.1, 0.15) is 40.0 Å². The van der Waals surface area contributed by atoms with E-state index in [-0.39, 0.29) is 30.2 Å². The first kappa shape index (κ1) is 25.8. The number of likely N-dealkylation sites (N-methyl/N-ethyl adjacent to an activating group) is 1. The summed E-state index contributed by atoms with van der Waals surface area (Å²) in [4.78, 5) is 42.1. The van der Waals surface area contributed by atoms with Crippen molar-refractivity contribution in [2.45, 2.75) is 19.5 Å². The zero-order chi connectivity index (χ0) is 27.7. The van der Waals surface area contributed by atoms with E-state index in [1.807, 2.05) is 11.9 Å². The van der Waals surface area contributed by atoms with Gasteiger partial charge in [-0.1, -0.05) is 24.3 Å². The molecule has 2 N–H and O–H groups in total. The lowest BCUT2D eigenvalue weighted by atomic mass is 9.94. The topological polar surface area (TPSA) is 117 Å². The van der Waals surface area contributed by atoms with E-state index in [2.05, 4.69) is 0 Å². The van der Waals surface area contributed by atoms with Gasteiger partial charge >= 0.3 is 5.97 Å². The third kappa shape index (κ3) is 4.90. The maximum absolute atomic E-state index is 13.4. The highest BCUT2D eigenvalue weighted by Gasteiger charge is 2.46. The number of rotatable bonds is 6. The van der Waals surface area contributed by atoms with E-state index in [9.17, 15) is 24.6 Å². The lowest BCUT2D eigenvalue weighted by molar-refractivity contribution is -0.140. The number of nitrogens with zero attached hydrogens (tertiary/aromatic N) is 2. The molecule has 3 aromatic rings. The van der Waals surface area contributed by atoms with Gasteiger partial charge in [0.15, 0.2) is 0 Å². The Bertz CT molecular complexity index is 1460. The minimum absolute atomic E-state index is 0.0305. The first-order valence-electron chi connectivity index (χ1n) is 12.6. The minimum Gasteiger partial charge on any atom is -0.508 e. The zero-order valence-corrected chi connectivity index (χ0v) is 21.6. The molecule has 2 heterocycles. The zero-order valence-electron chi connectivity index (χ0n) is 21.6.